The van der Waals surface area contributed by atoms with Crippen LogP contribution in [-0.2, 0) is 4.79 Å². The van der Waals surface area contributed by atoms with Crippen LogP contribution in [0.4, 0.5) is 0 Å². The molecule has 1 saturated heterocycles. The second-order valence-electron chi connectivity index (χ2n) is 4.27. The number of carbonyl (C=O) groups excluding carboxylic acids is 1. The lowest BCUT2D eigenvalue weighted by Gasteiger charge is -2.31. The van der Waals surface area contributed by atoms with E-state index in [0.29, 0.717) is 13.1 Å². The number of likely N-dealkylation sites (tertiary alicyclic amines) is 1. The Balaban J connectivity index is 2.32. The van der Waals surface area contributed by atoms with Crippen LogP contribution in [0.15, 0.2) is 0 Å². The van der Waals surface area contributed by atoms with Crippen molar-refractivity contribution in [2.75, 3.05) is 26.2 Å². The molecule has 1 amide bonds. The van der Waals surface area contributed by atoms with Gasteiger partial charge in [-0.3, -0.25) is 4.79 Å². The smallest absolute Gasteiger partial charge is 0.226 e. The molecule has 0 saturated carbocycles. The van der Waals surface area contributed by atoms with Gasteiger partial charge in [0.05, 0.1) is 6.10 Å². The van der Waals surface area contributed by atoms with Gasteiger partial charge in [0.1, 0.15) is 0 Å². The van der Waals surface area contributed by atoms with Gasteiger partial charge in [-0.2, -0.15) is 0 Å². The summed E-state index contributed by atoms with van der Waals surface area (Å²) in [6, 6.07) is 0. The standard InChI is InChI=1S/C11H22N2O2/c1-3-12-8-9(2)11(15)13-6-4-10(14)5-7-13/h9-10,12,14H,3-8H2,1-2H3. The molecular weight excluding hydrogens is 192 g/mol. The highest BCUT2D eigenvalue weighted by Gasteiger charge is 2.24. The molecule has 88 valence electrons. The predicted molar refractivity (Wildman–Crippen MR) is 59.5 cm³/mol. The van der Waals surface area contributed by atoms with Crippen LogP contribution in [-0.4, -0.2) is 48.2 Å². The minimum absolute atomic E-state index is 0.0418. The minimum Gasteiger partial charge on any atom is -0.393 e. The molecule has 4 heteroatoms. The highest BCUT2D eigenvalue weighted by molar-refractivity contribution is 5.78. The average Bonchev–Trinajstić information content (AvgIpc) is 2.26. The van der Waals surface area contributed by atoms with E-state index >= 15 is 0 Å². The molecule has 1 heterocycles. The summed E-state index contributed by atoms with van der Waals surface area (Å²) in [5.41, 5.74) is 0. The van der Waals surface area contributed by atoms with Gasteiger partial charge in [0, 0.05) is 25.6 Å². The van der Waals surface area contributed by atoms with E-state index < -0.39 is 0 Å². The lowest BCUT2D eigenvalue weighted by molar-refractivity contribution is -0.136. The summed E-state index contributed by atoms with van der Waals surface area (Å²) in [6.45, 7) is 7.04. The zero-order valence-corrected chi connectivity index (χ0v) is 9.70. The van der Waals surface area contributed by atoms with Crippen LogP contribution in [0.3, 0.4) is 0 Å². The molecule has 0 aromatic carbocycles. The molecule has 0 spiro atoms. The highest BCUT2D eigenvalue weighted by atomic mass is 16.3. The fourth-order valence-electron chi connectivity index (χ4n) is 1.85. The number of piperidine rings is 1. The van der Waals surface area contributed by atoms with Crippen molar-refractivity contribution in [3.05, 3.63) is 0 Å². The first-order chi connectivity index (χ1) is 7.15. The van der Waals surface area contributed by atoms with Crippen LogP contribution in [0.25, 0.3) is 0 Å². The van der Waals surface area contributed by atoms with E-state index in [2.05, 4.69) is 5.32 Å². The molecule has 0 radical (unpaired) electrons. The van der Waals surface area contributed by atoms with Crippen molar-refractivity contribution in [3.8, 4) is 0 Å². The molecule has 1 unspecified atom stereocenters. The number of hydrogen-bond acceptors (Lipinski definition) is 3. The quantitative estimate of drug-likeness (QED) is 0.703. The van der Waals surface area contributed by atoms with E-state index in [-0.39, 0.29) is 17.9 Å². The third-order valence-corrected chi connectivity index (χ3v) is 2.90. The second kappa shape index (κ2) is 6.08. The first-order valence-corrected chi connectivity index (χ1v) is 5.82. The predicted octanol–water partition coefficient (Wildman–Crippen LogP) is 0.215. The molecule has 0 aromatic rings. The largest absolute Gasteiger partial charge is 0.393 e. The Hall–Kier alpha value is -0.610. The second-order valence-corrected chi connectivity index (χ2v) is 4.27. The lowest BCUT2D eigenvalue weighted by atomic mass is 10.0. The van der Waals surface area contributed by atoms with E-state index in [1.807, 2.05) is 18.7 Å². The van der Waals surface area contributed by atoms with Gasteiger partial charge in [-0.05, 0) is 19.4 Å². The van der Waals surface area contributed by atoms with E-state index in [0.717, 1.165) is 25.9 Å². The topological polar surface area (TPSA) is 52.6 Å². The van der Waals surface area contributed by atoms with E-state index in [4.69, 9.17) is 0 Å². The van der Waals surface area contributed by atoms with Gasteiger partial charge in [-0.15, -0.1) is 0 Å². The summed E-state index contributed by atoms with van der Waals surface area (Å²) in [6.07, 6.45) is 1.23. The number of nitrogens with one attached hydrogen (secondary N) is 1. The van der Waals surface area contributed by atoms with Crippen molar-refractivity contribution >= 4 is 5.91 Å². The fraction of sp³-hybridized carbons (Fsp3) is 0.909. The Labute approximate surface area is 91.6 Å². The Kier molecular flexibility index (Phi) is 5.05. The van der Waals surface area contributed by atoms with Crippen molar-refractivity contribution in [1.29, 1.82) is 0 Å². The Morgan fingerprint density at radius 3 is 2.67 bits per heavy atom. The zero-order chi connectivity index (χ0) is 11.3. The molecule has 0 aromatic heterocycles. The first-order valence-electron chi connectivity index (χ1n) is 5.82. The minimum atomic E-state index is -0.210. The number of nitrogens with zero attached hydrogens (tertiary/aromatic N) is 1. The van der Waals surface area contributed by atoms with Crippen molar-refractivity contribution in [1.82, 2.24) is 10.2 Å². The summed E-state index contributed by atoms with van der Waals surface area (Å²) in [4.78, 5) is 13.8. The van der Waals surface area contributed by atoms with Crippen LogP contribution >= 0.6 is 0 Å². The fourth-order valence-corrected chi connectivity index (χ4v) is 1.85. The Morgan fingerprint density at radius 1 is 1.53 bits per heavy atom. The van der Waals surface area contributed by atoms with Crippen LogP contribution in [0.2, 0.25) is 0 Å². The number of hydrogen-bond donors (Lipinski definition) is 2. The van der Waals surface area contributed by atoms with Crippen molar-refractivity contribution in [2.45, 2.75) is 32.8 Å². The SMILES string of the molecule is CCNCC(C)C(=O)N1CCC(O)CC1. The molecular formula is C11H22N2O2. The average molecular weight is 214 g/mol. The number of aliphatic hydroxyl groups is 1. The lowest BCUT2D eigenvalue weighted by Crippen LogP contribution is -2.44. The molecule has 1 rings (SSSR count). The number of aliphatic hydroxyl groups excluding tert-OH is 1. The molecule has 1 fully saturated rings. The van der Waals surface area contributed by atoms with Crippen LogP contribution in [0, 0.1) is 5.92 Å². The molecule has 4 nitrogen and oxygen atoms in total. The number of amides is 1. The van der Waals surface area contributed by atoms with E-state index in [9.17, 15) is 9.90 Å². The Bertz CT molecular complexity index is 201. The molecule has 1 atom stereocenters. The maximum atomic E-state index is 11.9. The summed E-state index contributed by atoms with van der Waals surface area (Å²) in [7, 11) is 0. The van der Waals surface area contributed by atoms with Crippen LogP contribution in [0.1, 0.15) is 26.7 Å². The zero-order valence-electron chi connectivity index (χ0n) is 9.70. The van der Waals surface area contributed by atoms with Crippen LogP contribution < -0.4 is 5.32 Å². The van der Waals surface area contributed by atoms with Crippen molar-refractivity contribution < 1.29 is 9.90 Å². The summed E-state index contributed by atoms with van der Waals surface area (Å²) in [5.74, 6) is 0.253. The maximum absolute atomic E-state index is 11.9. The third-order valence-electron chi connectivity index (χ3n) is 2.90. The van der Waals surface area contributed by atoms with Crippen LogP contribution in [0.5, 0.6) is 0 Å². The van der Waals surface area contributed by atoms with Gasteiger partial charge >= 0.3 is 0 Å². The monoisotopic (exact) mass is 214 g/mol. The first kappa shape index (κ1) is 12.5. The molecule has 1 aliphatic rings. The van der Waals surface area contributed by atoms with Gasteiger partial charge < -0.3 is 15.3 Å². The maximum Gasteiger partial charge on any atom is 0.226 e. The van der Waals surface area contributed by atoms with Gasteiger partial charge in [-0.25, -0.2) is 0 Å². The summed E-state index contributed by atoms with van der Waals surface area (Å²) < 4.78 is 0. The van der Waals surface area contributed by atoms with Gasteiger partial charge in [0.15, 0.2) is 0 Å². The molecule has 2 N–H and O–H groups in total. The summed E-state index contributed by atoms with van der Waals surface area (Å²) in [5, 5.41) is 12.5. The normalized spacial score (nSPS) is 20.3. The Morgan fingerprint density at radius 2 is 2.13 bits per heavy atom. The molecule has 15 heavy (non-hydrogen) atoms. The third kappa shape index (κ3) is 3.80. The molecule has 0 bridgehead atoms. The highest BCUT2D eigenvalue weighted by Crippen LogP contribution is 2.12. The van der Waals surface area contributed by atoms with E-state index in [1.54, 1.807) is 0 Å². The molecule has 1 aliphatic heterocycles. The van der Waals surface area contributed by atoms with Gasteiger partial charge in [-0.1, -0.05) is 13.8 Å². The number of carbonyl (C=O) groups is 1. The van der Waals surface area contributed by atoms with E-state index in [1.165, 1.54) is 0 Å². The van der Waals surface area contributed by atoms with Crippen molar-refractivity contribution in [3.63, 3.8) is 0 Å². The van der Waals surface area contributed by atoms with Gasteiger partial charge in [0.2, 0.25) is 5.91 Å². The van der Waals surface area contributed by atoms with Gasteiger partial charge in [0.25, 0.3) is 0 Å². The van der Waals surface area contributed by atoms with Crippen molar-refractivity contribution in [2.24, 2.45) is 5.92 Å². The summed E-state index contributed by atoms with van der Waals surface area (Å²) >= 11 is 0. The molecule has 0 aliphatic carbocycles. The number of rotatable bonds is 4.